The number of hydrogen-bond acceptors (Lipinski definition) is 10. The predicted octanol–water partition coefficient (Wildman–Crippen LogP) is 3.74. The molecule has 0 saturated heterocycles. The molecule has 0 spiro atoms. The molecule has 0 heterocycles. The first-order valence-corrected chi connectivity index (χ1v) is 15.4. The lowest BCUT2D eigenvalue weighted by atomic mass is 10.2. The number of benzene rings is 2. The lowest BCUT2D eigenvalue weighted by Crippen LogP contribution is -2.26. The van der Waals surface area contributed by atoms with Crippen LogP contribution in [0, 0.1) is 0 Å². The minimum atomic E-state index is -4.78. The van der Waals surface area contributed by atoms with Gasteiger partial charge in [0.25, 0.3) is 19.7 Å². The van der Waals surface area contributed by atoms with Crippen molar-refractivity contribution in [3.63, 3.8) is 0 Å². The summed E-state index contributed by atoms with van der Waals surface area (Å²) in [5.41, 5.74) is 8.14. The molecular weight excluding hydrogens is 576 g/mol. The molecule has 2 rings (SSSR count). The van der Waals surface area contributed by atoms with Gasteiger partial charge in [-0.3, -0.25) is 9.59 Å². The third-order valence-corrected chi connectivity index (χ3v) is 8.98. The molecule has 2 aromatic rings. The molecule has 12 nitrogen and oxygen atoms in total. The Kier molecular flexibility index (Phi) is 10.8. The zero-order chi connectivity index (χ0) is 31.1. The Hall–Kier alpha value is -3.74. The number of esters is 2. The molecule has 0 radical (unpaired) electrons. The molecule has 2 aromatic carbocycles. The number of hydrogen-bond donors (Lipinski definition) is 0. The van der Waals surface area contributed by atoms with Crippen LogP contribution in [0.15, 0.2) is 58.3 Å². The van der Waals surface area contributed by atoms with Crippen LogP contribution < -0.4 is 9.47 Å². The van der Waals surface area contributed by atoms with Crippen LogP contribution in [0.1, 0.15) is 54.4 Å². The minimum Gasteiger partial charge on any atom is -0.493 e. The summed E-state index contributed by atoms with van der Waals surface area (Å²) in [6.07, 6.45) is -0.0745. The van der Waals surface area contributed by atoms with Gasteiger partial charge >= 0.3 is 16.3 Å². The molecule has 0 aromatic heterocycles. The van der Waals surface area contributed by atoms with Crippen molar-refractivity contribution in [2.75, 3.05) is 13.2 Å². The molecule has 224 valence electrons. The fraction of sp³-hybridized carbons (Fsp3) is 0.444. The van der Waals surface area contributed by atoms with Crippen LogP contribution >= 0.6 is 0 Å². The van der Waals surface area contributed by atoms with Gasteiger partial charge in [-0.15, -0.1) is 4.79 Å². The predicted molar refractivity (Wildman–Crippen MR) is 148 cm³/mol. The van der Waals surface area contributed by atoms with Crippen molar-refractivity contribution in [3.8, 4) is 11.5 Å². The molecule has 0 atom stereocenters. The summed E-state index contributed by atoms with van der Waals surface area (Å²) in [4.78, 5) is 25.2. The van der Waals surface area contributed by atoms with Crippen molar-refractivity contribution in [2.24, 2.45) is 0 Å². The van der Waals surface area contributed by atoms with E-state index in [4.69, 9.17) is 18.9 Å². The van der Waals surface area contributed by atoms with Crippen LogP contribution in [0.25, 0.3) is 5.53 Å². The first-order valence-electron chi connectivity index (χ1n) is 12.5. The van der Waals surface area contributed by atoms with E-state index in [1.54, 1.807) is 41.5 Å². The topological polar surface area (TPSA) is 176 Å². The molecule has 0 amide bonds. The van der Waals surface area contributed by atoms with Gasteiger partial charge in [0.15, 0.2) is 0 Å². The second kappa shape index (κ2) is 13.3. The maximum atomic E-state index is 13.1. The Bertz CT molecular complexity index is 1390. The Labute approximate surface area is 240 Å². The molecule has 0 N–H and O–H groups in total. The highest BCUT2D eigenvalue weighted by atomic mass is 32.3. The molecular formula is C27H34N2O10S2. The monoisotopic (exact) mass is 610 g/mol. The molecule has 14 heteroatoms. The van der Waals surface area contributed by atoms with Gasteiger partial charge in [0.1, 0.15) is 22.7 Å². The Morgan fingerprint density at radius 1 is 0.659 bits per heavy atom. The smallest absolute Gasteiger partial charge is 0.493 e. The van der Waals surface area contributed by atoms with Crippen molar-refractivity contribution < 1.29 is 50.2 Å². The second-order valence-corrected chi connectivity index (χ2v) is 14.7. The number of nitrogens with zero attached hydrogens (tertiary/aromatic N) is 2. The number of carbonyl (C=O) groups is 2. The number of carbonyl (C=O) groups excluding carboxylic acids is 2. The number of ether oxygens (including phenoxy) is 4. The second-order valence-electron chi connectivity index (χ2n) is 10.7. The molecule has 0 aliphatic rings. The van der Waals surface area contributed by atoms with E-state index in [-0.39, 0.29) is 37.6 Å². The van der Waals surface area contributed by atoms with Crippen molar-refractivity contribution in [1.29, 1.82) is 0 Å². The summed E-state index contributed by atoms with van der Waals surface area (Å²) in [5, 5.41) is 0. The standard InChI is InChI=1S/C27H34N2O10S2/c1-26(2,3)38-23(30)15-17-36-19-7-11-21(12-8-19)40(32,33)25(29-28)41(34,35)22-13-9-20(10-14-22)37-18-16-24(31)39-27(4,5)6/h7-14H,15-18H2,1-6H3. The maximum absolute atomic E-state index is 13.1. The van der Waals surface area contributed by atoms with Crippen molar-refractivity contribution in [1.82, 2.24) is 0 Å². The van der Waals surface area contributed by atoms with Gasteiger partial charge in [-0.05, 0) is 90.1 Å². The van der Waals surface area contributed by atoms with E-state index in [2.05, 4.69) is 4.79 Å². The van der Waals surface area contributed by atoms with Crippen molar-refractivity contribution in [2.45, 2.75) is 75.4 Å². The van der Waals surface area contributed by atoms with Crippen LogP contribution in [0.3, 0.4) is 0 Å². The number of rotatable bonds is 10. The van der Waals surface area contributed by atoms with Gasteiger partial charge in [0.05, 0.1) is 35.8 Å². The molecule has 0 bridgehead atoms. The molecule has 0 aliphatic heterocycles. The summed E-state index contributed by atoms with van der Waals surface area (Å²) in [6.45, 7) is 10.3. The van der Waals surface area contributed by atoms with Gasteiger partial charge in [0.2, 0.25) is 0 Å². The third kappa shape index (κ3) is 10.3. The molecule has 0 saturated carbocycles. The van der Waals surface area contributed by atoms with Gasteiger partial charge in [-0.25, -0.2) is 16.8 Å². The molecule has 0 unspecified atom stereocenters. The van der Waals surface area contributed by atoms with Gasteiger partial charge in [-0.2, -0.15) is 0 Å². The molecule has 0 aliphatic carbocycles. The SMILES string of the molecule is CC(C)(C)OC(=O)CCOc1ccc(S(=O)(=O)C(=[N+]=[N-])S(=O)(=O)c2ccc(OCCC(=O)OC(C)(C)C)cc2)cc1. The van der Waals surface area contributed by atoms with E-state index < -0.39 is 57.0 Å². The lowest BCUT2D eigenvalue weighted by molar-refractivity contribution is -0.156. The molecule has 41 heavy (non-hydrogen) atoms. The summed E-state index contributed by atoms with van der Waals surface area (Å²) >= 11 is 0. The van der Waals surface area contributed by atoms with Gasteiger partial charge in [-0.1, -0.05) is 0 Å². The largest absolute Gasteiger partial charge is 0.504 e. The first-order chi connectivity index (χ1) is 18.8. The van der Waals surface area contributed by atoms with E-state index in [9.17, 15) is 32.0 Å². The van der Waals surface area contributed by atoms with Crippen molar-refractivity contribution >= 4 is 36.0 Å². The lowest BCUT2D eigenvalue weighted by Gasteiger charge is -2.19. The van der Waals surface area contributed by atoms with Crippen LogP contribution in [-0.2, 0) is 38.7 Å². The zero-order valence-electron chi connectivity index (χ0n) is 23.7. The average molecular weight is 611 g/mol. The highest BCUT2D eigenvalue weighted by molar-refractivity contribution is 8.31. The highest BCUT2D eigenvalue weighted by Crippen LogP contribution is 2.24. The van der Waals surface area contributed by atoms with E-state index in [1.807, 2.05) is 0 Å². The normalized spacial score (nSPS) is 12.1. The summed E-state index contributed by atoms with van der Waals surface area (Å²) < 4.78 is 72.0. The summed E-state index contributed by atoms with van der Waals surface area (Å²) in [6, 6.07) is 9.42. The Balaban J connectivity index is 2.08. The quantitative estimate of drug-likeness (QED) is 0.127. The van der Waals surface area contributed by atoms with Gasteiger partial charge < -0.3 is 24.5 Å². The fourth-order valence-electron chi connectivity index (χ4n) is 3.17. The maximum Gasteiger partial charge on any atom is 0.504 e. The third-order valence-electron chi connectivity index (χ3n) is 4.80. The summed E-state index contributed by atoms with van der Waals surface area (Å²) in [5.74, 6) is -0.489. The minimum absolute atomic E-state index is 0.0283. The highest BCUT2D eigenvalue weighted by Gasteiger charge is 2.44. The zero-order valence-corrected chi connectivity index (χ0v) is 25.4. The van der Waals surface area contributed by atoms with Gasteiger partial charge in [0, 0.05) is 0 Å². The van der Waals surface area contributed by atoms with Crippen LogP contribution in [-0.4, -0.2) is 62.4 Å². The Morgan fingerprint density at radius 2 is 0.976 bits per heavy atom. The first kappa shape index (κ1) is 33.5. The van der Waals surface area contributed by atoms with E-state index in [0.29, 0.717) is 0 Å². The van der Waals surface area contributed by atoms with Crippen LogP contribution in [0.2, 0.25) is 0 Å². The number of sulfone groups is 2. The average Bonchev–Trinajstić information content (AvgIpc) is 2.82. The summed E-state index contributed by atoms with van der Waals surface area (Å²) in [7, 11) is -9.55. The Morgan fingerprint density at radius 3 is 1.24 bits per heavy atom. The van der Waals surface area contributed by atoms with Crippen LogP contribution in [0.4, 0.5) is 0 Å². The van der Waals surface area contributed by atoms with Crippen molar-refractivity contribution in [3.05, 3.63) is 54.1 Å². The van der Waals surface area contributed by atoms with E-state index in [0.717, 1.165) is 24.3 Å². The molecule has 0 fully saturated rings. The van der Waals surface area contributed by atoms with E-state index in [1.165, 1.54) is 24.3 Å². The van der Waals surface area contributed by atoms with E-state index >= 15 is 0 Å². The fourth-order valence-corrected chi connectivity index (χ4v) is 6.51. The van der Waals surface area contributed by atoms with Crippen LogP contribution in [0.5, 0.6) is 11.5 Å².